The number of hydrogen-bond donors (Lipinski definition) is 1. The number of aliphatic hydroxyl groups excluding tert-OH is 1. The molecule has 2 heterocycles. The van der Waals surface area contributed by atoms with Crippen LogP contribution in [0.15, 0.2) is 56.4 Å². The molecule has 0 saturated heterocycles. The molecule has 0 aliphatic rings. The van der Waals surface area contributed by atoms with Gasteiger partial charge in [-0.05, 0) is 78.8 Å². The molecule has 0 aliphatic carbocycles. The molecule has 0 fully saturated rings. The number of pyridine rings is 2. The molecular weight excluding hydrogens is 464 g/mol. The van der Waals surface area contributed by atoms with Crippen LogP contribution in [-0.4, -0.2) is 21.2 Å². The first-order valence-electron chi connectivity index (χ1n) is 6.18. The lowest BCUT2D eigenvalue weighted by molar-refractivity contribution is 0.199. The lowest BCUT2D eigenvalue weighted by atomic mass is 10.2. The van der Waals surface area contributed by atoms with Gasteiger partial charge in [-0.15, -0.1) is 0 Å². The Morgan fingerprint density at radius 3 is 1.95 bits per heavy atom. The average molecular weight is 479 g/mol. The van der Waals surface area contributed by atoms with Gasteiger partial charge in [-0.1, -0.05) is 12.2 Å². The minimum atomic E-state index is -0.281. The molecule has 0 bridgehead atoms. The van der Waals surface area contributed by atoms with Crippen LogP contribution in [0.1, 0.15) is 18.9 Å². The molecule has 0 spiro atoms. The zero-order chi connectivity index (χ0) is 15.7. The molecule has 0 amide bonds. The highest BCUT2D eigenvalue weighted by Gasteiger charge is 1.91. The van der Waals surface area contributed by atoms with Gasteiger partial charge in [-0.25, -0.2) is 0 Å². The van der Waals surface area contributed by atoms with E-state index in [0.717, 1.165) is 19.0 Å². The van der Waals surface area contributed by atoms with Gasteiger partial charge in [-0.3, -0.25) is 9.97 Å². The van der Waals surface area contributed by atoms with E-state index in [9.17, 15) is 0 Å². The summed E-state index contributed by atoms with van der Waals surface area (Å²) in [5.41, 5.74) is 1.04. The Labute approximate surface area is 149 Å². The molecule has 6 heteroatoms. The number of rotatable bonds is 3. The fourth-order valence-corrected chi connectivity index (χ4v) is 2.73. The second-order valence-electron chi connectivity index (χ2n) is 4.24. The van der Waals surface area contributed by atoms with Crippen LogP contribution in [0.4, 0.5) is 0 Å². The molecule has 1 N–H and O–H groups in total. The van der Waals surface area contributed by atoms with Gasteiger partial charge in [0.25, 0.3) is 0 Å². The van der Waals surface area contributed by atoms with Gasteiger partial charge in [-0.2, -0.15) is 0 Å². The Morgan fingerprint density at radius 2 is 1.52 bits per heavy atom. The fourth-order valence-electron chi connectivity index (χ4n) is 1.31. The molecule has 3 nitrogen and oxygen atoms in total. The van der Waals surface area contributed by atoms with Crippen molar-refractivity contribution in [1.29, 1.82) is 0 Å². The van der Waals surface area contributed by atoms with Gasteiger partial charge in [0.1, 0.15) is 0 Å². The third-order valence-corrected chi connectivity index (χ3v) is 3.49. The predicted molar refractivity (Wildman–Crippen MR) is 96.9 cm³/mol. The highest BCUT2D eigenvalue weighted by atomic mass is 79.9. The van der Waals surface area contributed by atoms with E-state index in [2.05, 4.69) is 57.8 Å². The molecule has 2 aromatic rings. The maximum Gasteiger partial charge on any atom is 0.0546 e. The Bertz CT molecular complexity index is 571. The summed E-state index contributed by atoms with van der Waals surface area (Å²) in [7, 11) is 0. The molecular formula is C15H15Br3N2O. The van der Waals surface area contributed by atoms with Crippen molar-refractivity contribution in [2.24, 2.45) is 0 Å². The van der Waals surface area contributed by atoms with Crippen LogP contribution in [0.3, 0.4) is 0 Å². The number of halogens is 3. The summed E-state index contributed by atoms with van der Waals surface area (Å²) < 4.78 is 2.95. The van der Waals surface area contributed by atoms with Gasteiger partial charge in [0.15, 0.2) is 0 Å². The van der Waals surface area contributed by atoms with Crippen LogP contribution in [-0.2, 0) is 0 Å². The zero-order valence-electron chi connectivity index (χ0n) is 11.4. The smallest absolute Gasteiger partial charge is 0.0546 e. The molecule has 0 aromatic carbocycles. The molecule has 2 aromatic heterocycles. The maximum absolute atomic E-state index is 9.01. The van der Waals surface area contributed by atoms with Gasteiger partial charge >= 0.3 is 0 Å². The van der Waals surface area contributed by atoms with E-state index in [1.54, 1.807) is 31.7 Å². The minimum Gasteiger partial charge on any atom is -0.393 e. The number of aliphatic hydroxyl groups is 1. The highest BCUT2D eigenvalue weighted by Crippen LogP contribution is 2.13. The molecule has 1 atom stereocenters. The Morgan fingerprint density at radius 1 is 1.00 bits per heavy atom. The average Bonchev–Trinajstić information content (AvgIpc) is 2.38. The first-order valence-corrected chi connectivity index (χ1v) is 8.56. The largest absolute Gasteiger partial charge is 0.393 e. The van der Waals surface area contributed by atoms with Gasteiger partial charge < -0.3 is 5.11 Å². The first-order chi connectivity index (χ1) is 9.97. The monoisotopic (exact) mass is 476 g/mol. The molecule has 1 unspecified atom stereocenters. The van der Waals surface area contributed by atoms with Crippen molar-refractivity contribution in [3.8, 4) is 0 Å². The lowest BCUT2D eigenvalue weighted by Gasteiger charge is -1.97. The van der Waals surface area contributed by atoms with Crippen LogP contribution >= 0.6 is 47.8 Å². The summed E-state index contributed by atoms with van der Waals surface area (Å²) in [5, 5.41) is 9.01. The second kappa shape index (κ2) is 10.2. The van der Waals surface area contributed by atoms with Crippen molar-refractivity contribution < 1.29 is 5.11 Å². The number of nitrogens with zero attached hydrogens (tertiary/aromatic N) is 2. The van der Waals surface area contributed by atoms with E-state index >= 15 is 0 Å². The first kappa shape index (κ1) is 18.5. The fraction of sp³-hybridized carbons (Fsp3) is 0.200. The van der Waals surface area contributed by atoms with Gasteiger partial charge in [0.2, 0.25) is 0 Å². The Hall–Kier alpha value is -0.560. The molecule has 0 radical (unpaired) electrons. The van der Waals surface area contributed by atoms with Gasteiger partial charge in [0.05, 0.1) is 6.10 Å². The van der Waals surface area contributed by atoms with Crippen molar-refractivity contribution in [1.82, 2.24) is 9.97 Å². The van der Waals surface area contributed by atoms with E-state index in [0.29, 0.717) is 6.42 Å². The zero-order valence-corrected chi connectivity index (χ0v) is 16.1. The van der Waals surface area contributed by atoms with Crippen LogP contribution in [0.25, 0.3) is 6.08 Å². The Kier molecular flexibility index (Phi) is 8.99. The SMILES string of the molecule is Brc1cncc(Br)c1.CC(O)C/C=C/c1cncc(Br)c1. The minimum absolute atomic E-state index is 0.281. The van der Waals surface area contributed by atoms with Crippen LogP contribution < -0.4 is 0 Å². The van der Waals surface area contributed by atoms with E-state index in [4.69, 9.17) is 5.11 Å². The van der Waals surface area contributed by atoms with Crippen molar-refractivity contribution in [2.45, 2.75) is 19.4 Å². The molecule has 21 heavy (non-hydrogen) atoms. The predicted octanol–water partition coefficient (Wildman–Crippen LogP) is 5.23. The van der Waals surface area contributed by atoms with Crippen LogP contribution in [0.2, 0.25) is 0 Å². The summed E-state index contributed by atoms with van der Waals surface area (Å²) in [6.07, 6.45) is 11.3. The Balaban J connectivity index is 0.000000235. The lowest BCUT2D eigenvalue weighted by Crippen LogP contribution is -1.95. The summed E-state index contributed by atoms with van der Waals surface area (Å²) in [5.74, 6) is 0. The van der Waals surface area contributed by atoms with E-state index < -0.39 is 0 Å². The standard InChI is InChI=1S/C10H12BrNO.C5H3Br2N/c1-8(13)3-2-4-9-5-10(11)7-12-6-9;6-4-1-5(7)3-8-2-4/h2,4-8,13H,3H2,1H3;1-3H/b4-2+;. The third kappa shape index (κ3) is 9.14. The topological polar surface area (TPSA) is 46.0 Å². The third-order valence-electron chi connectivity index (χ3n) is 2.19. The molecule has 0 aliphatic heterocycles. The molecule has 112 valence electrons. The van der Waals surface area contributed by atoms with E-state index in [-0.39, 0.29) is 6.10 Å². The normalized spacial score (nSPS) is 11.9. The van der Waals surface area contributed by atoms with Crippen LogP contribution in [0, 0.1) is 0 Å². The van der Waals surface area contributed by atoms with Crippen molar-refractivity contribution in [3.05, 3.63) is 62.0 Å². The van der Waals surface area contributed by atoms with E-state index in [1.807, 2.05) is 24.3 Å². The number of aromatic nitrogens is 2. The maximum atomic E-state index is 9.01. The van der Waals surface area contributed by atoms with Crippen molar-refractivity contribution in [2.75, 3.05) is 0 Å². The number of hydrogen-bond acceptors (Lipinski definition) is 3. The van der Waals surface area contributed by atoms with Gasteiger partial charge in [0, 0.05) is 38.2 Å². The molecule has 2 rings (SSSR count). The highest BCUT2D eigenvalue weighted by molar-refractivity contribution is 9.11. The quantitative estimate of drug-likeness (QED) is 0.656. The van der Waals surface area contributed by atoms with Crippen molar-refractivity contribution >= 4 is 53.9 Å². The summed E-state index contributed by atoms with van der Waals surface area (Å²) in [4.78, 5) is 7.91. The summed E-state index contributed by atoms with van der Waals surface area (Å²) in [6.45, 7) is 1.77. The summed E-state index contributed by atoms with van der Waals surface area (Å²) in [6, 6.07) is 3.92. The second-order valence-corrected chi connectivity index (χ2v) is 6.99. The van der Waals surface area contributed by atoms with E-state index in [1.165, 1.54) is 0 Å². The van der Waals surface area contributed by atoms with Crippen molar-refractivity contribution in [3.63, 3.8) is 0 Å². The molecule has 0 saturated carbocycles. The summed E-state index contributed by atoms with van der Waals surface area (Å²) >= 11 is 9.88. The van der Waals surface area contributed by atoms with Crippen LogP contribution in [0.5, 0.6) is 0 Å².